The van der Waals surface area contributed by atoms with Gasteiger partial charge in [-0.05, 0) is 12.1 Å². The lowest BCUT2D eigenvalue weighted by molar-refractivity contribution is 0.573. The summed E-state index contributed by atoms with van der Waals surface area (Å²) in [5, 5.41) is 0. The van der Waals surface area contributed by atoms with E-state index in [1.54, 1.807) is 18.7 Å². The van der Waals surface area contributed by atoms with E-state index in [2.05, 4.69) is 9.97 Å². The molecule has 2 rings (SSSR count). The molecule has 66 valence electrons. The largest absolute Gasteiger partial charge is 0.444 e. The Morgan fingerprint density at radius 3 is 2.69 bits per heavy atom. The lowest BCUT2D eigenvalue weighted by Crippen LogP contribution is -1.79. The molecule has 0 fully saturated rings. The van der Waals surface area contributed by atoms with Crippen LogP contribution in [0.25, 0.3) is 11.5 Å². The van der Waals surface area contributed by atoms with Crippen molar-refractivity contribution in [3.8, 4) is 11.5 Å². The Labute approximate surface area is 80.4 Å². The van der Waals surface area contributed by atoms with Crippen molar-refractivity contribution >= 4 is 11.6 Å². The molecule has 0 aliphatic heterocycles. The van der Waals surface area contributed by atoms with Gasteiger partial charge in [0.15, 0.2) is 0 Å². The van der Waals surface area contributed by atoms with Crippen LogP contribution in [0.4, 0.5) is 0 Å². The van der Waals surface area contributed by atoms with Crippen molar-refractivity contribution in [2.24, 2.45) is 0 Å². The number of rotatable bonds is 2. The fourth-order valence-electron chi connectivity index (χ4n) is 0.995. The number of halogens is 1. The van der Waals surface area contributed by atoms with E-state index in [1.807, 2.05) is 12.1 Å². The van der Waals surface area contributed by atoms with Gasteiger partial charge in [0.2, 0.25) is 5.89 Å². The third-order valence-electron chi connectivity index (χ3n) is 1.62. The molecule has 0 N–H and O–H groups in total. The zero-order valence-electron chi connectivity index (χ0n) is 6.77. The average molecular weight is 195 g/mol. The molecule has 0 aliphatic carbocycles. The predicted octanol–water partition coefficient (Wildman–Crippen LogP) is 2.48. The number of aromatic nitrogens is 2. The van der Waals surface area contributed by atoms with Gasteiger partial charge in [-0.15, -0.1) is 11.6 Å². The summed E-state index contributed by atoms with van der Waals surface area (Å²) in [6, 6.07) is 3.67. The SMILES string of the molecule is ClCc1coc(-c2ccncc2)n1. The molecule has 0 bridgehead atoms. The second kappa shape index (κ2) is 3.58. The number of hydrogen-bond acceptors (Lipinski definition) is 3. The molecule has 0 saturated carbocycles. The summed E-state index contributed by atoms with van der Waals surface area (Å²) in [6.07, 6.45) is 4.95. The van der Waals surface area contributed by atoms with Crippen molar-refractivity contribution in [3.63, 3.8) is 0 Å². The minimum absolute atomic E-state index is 0.370. The van der Waals surface area contributed by atoms with Crippen LogP contribution < -0.4 is 0 Å². The van der Waals surface area contributed by atoms with Gasteiger partial charge in [0.1, 0.15) is 6.26 Å². The van der Waals surface area contributed by atoms with E-state index in [1.165, 1.54) is 0 Å². The van der Waals surface area contributed by atoms with Gasteiger partial charge in [0.25, 0.3) is 0 Å². The zero-order valence-corrected chi connectivity index (χ0v) is 7.53. The number of alkyl halides is 1. The van der Waals surface area contributed by atoms with Crippen molar-refractivity contribution in [2.45, 2.75) is 5.88 Å². The summed E-state index contributed by atoms with van der Waals surface area (Å²) in [4.78, 5) is 8.07. The molecule has 0 aliphatic rings. The Hall–Kier alpha value is -1.35. The van der Waals surface area contributed by atoms with Crippen LogP contribution in [0, 0.1) is 0 Å². The molecule has 0 saturated heterocycles. The van der Waals surface area contributed by atoms with E-state index in [-0.39, 0.29) is 0 Å². The van der Waals surface area contributed by atoms with Gasteiger partial charge in [-0.3, -0.25) is 4.98 Å². The molecule has 2 aromatic rings. The number of pyridine rings is 1. The van der Waals surface area contributed by atoms with Crippen molar-refractivity contribution in [2.75, 3.05) is 0 Å². The highest BCUT2D eigenvalue weighted by Crippen LogP contribution is 2.17. The van der Waals surface area contributed by atoms with Crippen molar-refractivity contribution in [1.82, 2.24) is 9.97 Å². The van der Waals surface area contributed by atoms with E-state index < -0.39 is 0 Å². The summed E-state index contributed by atoms with van der Waals surface area (Å²) in [7, 11) is 0. The molecule has 0 atom stereocenters. The van der Waals surface area contributed by atoms with Gasteiger partial charge >= 0.3 is 0 Å². The Morgan fingerprint density at radius 1 is 1.31 bits per heavy atom. The maximum absolute atomic E-state index is 5.59. The summed E-state index contributed by atoms with van der Waals surface area (Å²) in [5.41, 5.74) is 1.65. The molecule has 3 nitrogen and oxygen atoms in total. The molecule has 0 amide bonds. The minimum atomic E-state index is 0.370. The quantitative estimate of drug-likeness (QED) is 0.690. The average Bonchev–Trinajstić information content (AvgIpc) is 2.67. The van der Waals surface area contributed by atoms with E-state index in [4.69, 9.17) is 16.0 Å². The van der Waals surface area contributed by atoms with E-state index in [0.29, 0.717) is 11.8 Å². The first-order valence-electron chi connectivity index (χ1n) is 3.81. The number of nitrogens with zero attached hydrogens (tertiary/aromatic N) is 2. The van der Waals surface area contributed by atoms with Gasteiger partial charge in [-0.1, -0.05) is 0 Å². The van der Waals surface area contributed by atoms with Gasteiger partial charge in [-0.25, -0.2) is 4.98 Å². The fourth-order valence-corrected chi connectivity index (χ4v) is 1.12. The van der Waals surface area contributed by atoms with Crippen LogP contribution in [0.5, 0.6) is 0 Å². The third kappa shape index (κ3) is 1.70. The molecule has 0 radical (unpaired) electrons. The first-order valence-corrected chi connectivity index (χ1v) is 4.34. The van der Waals surface area contributed by atoms with E-state index in [0.717, 1.165) is 11.3 Å². The second-order valence-electron chi connectivity index (χ2n) is 2.51. The summed E-state index contributed by atoms with van der Waals surface area (Å²) >= 11 is 5.59. The zero-order chi connectivity index (χ0) is 9.10. The van der Waals surface area contributed by atoms with E-state index in [9.17, 15) is 0 Å². The van der Waals surface area contributed by atoms with Gasteiger partial charge in [-0.2, -0.15) is 0 Å². The Morgan fingerprint density at radius 2 is 2.08 bits per heavy atom. The van der Waals surface area contributed by atoms with Crippen LogP contribution in [0.2, 0.25) is 0 Å². The predicted molar refractivity (Wildman–Crippen MR) is 49.3 cm³/mol. The smallest absolute Gasteiger partial charge is 0.226 e. The molecular weight excluding hydrogens is 188 g/mol. The van der Waals surface area contributed by atoms with E-state index >= 15 is 0 Å². The monoisotopic (exact) mass is 194 g/mol. The first kappa shape index (κ1) is 8.26. The molecule has 0 unspecified atom stereocenters. The number of hydrogen-bond donors (Lipinski definition) is 0. The van der Waals surface area contributed by atoms with Crippen LogP contribution in [0.15, 0.2) is 35.2 Å². The molecule has 2 heterocycles. The Kier molecular flexibility index (Phi) is 2.27. The van der Waals surface area contributed by atoms with Crippen molar-refractivity contribution < 1.29 is 4.42 Å². The molecule has 0 aromatic carbocycles. The van der Waals surface area contributed by atoms with Crippen LogP contribution in [-0.4, -0.2) is 9.97 Å². The highest BCUT2D eigenvalue weighted by Gasteiger charge is 2.04. The maximum atomic E-state index is 5.59. The summed E-state index contributed by atoms with van der Waals surface area (Å²) in [6.45, 7) is 0. The molecule has 2 aromatic heterocycles. The van der Waals surface area contributed by atoms with Gasteiger partial charge < -0.3 is 4.42 Å². The lowest BCUT2D eigenvalue weighted by Gasteiger charge is -1.91. The topological polar surface area (TPSA) is 38.9 Å². The Bertz CT molecular complexity index is 386. The number of oxazole rings is 1. The standard InChI is InChI=1S/C9H7ClN2O/c10-5-8-6-13-9(12-8)7-1-3-11-4-2-7/h1-4,6H,5H2. The normalized spacial score (nSPS) is 10.2. The molecule has 0 spiro atoms. The van der Waals surface area contributed by atoms with Gasteiger partial charge in [0, 0.05) is 18.0 Å². The Balaban J connectivity index is 2.36. The van der Waals surface area contributed by atoms with Crippen LogP contribution in [0.1, 0.15) is 5.69 Å². The van der Waals surface area contributed by atoms with Crippen molar-refractivity contribution in [1.29, 1.82) is 0 Å². The van der Waals surface area contributed by atoms with Crippen LogP contribution in [-0.2, 0) is 5.88 Å². The van der Waals surface area contributed by atoms with Crippen molar-refractivity contribution in [3.05, 3.63) is 36.5 Å². The first-order chi connectivity index (χ1) is 6.40. The van der Waals surface area contributed by atoms with Crippen LogP contribution >= 0.6 is 11.6 Å². The van der Waals surface area contributed by atoms with Crippen LogP contribution in [0.3, 0.4) is 0 Å². The fraction of sp³-hybridized carbons (Fsp3) is 0.111. The summed E-state index contributed by atoms with van der Waals surface area (Å²) < 4.78 is 5.22. The maximum Gasteiger partial charge on any atom is 0.226 e. The highest BCUT2D eigenvalue weighted by molar-refractivity contribution is 6.16. The molecule has 13 heavy (non-hydrogen) atoms. The summed E-state index contributed by atoms with van der Waals surface area (Å²) in [5.74, 6) is 0.951. The molecule has 4 heteroatoms. The lowest BCUT2D eigenvalue weighted by atomic mass is 10.3. The minimum Gasteiger partial charge on any atom is -0.444 e. The second-order valence-corrected chi connectivity index (χ2v) is 2.78. The molecular formula is C9H7ClN2O. The van der Waals surface area contributed by atoms with Gasteiger partial charge in [0.05, 0.1) is 11.6 Å². The highest BCUT2D eigenvalue weighted by atomic mass is 35.5. The third-order valence-corrected chi connectivity index (χ3v) is 1.89.